The molecule has 1 aromatic heterocycles. The quantitative estimate of drug-likeness (QED) is 0.347. The Morgan fingerprint density at radius 2 is 1.70 bits per heavy atom. The molecule has 1 atom stereocenters. The first-order valence-electron chi connectivity index (χ1n) is 13.1. The predicted molar refractivity (Wildman–Crippen MR) is 151 cm³/mol. The number of esters is 2. The van der Waals surface area contributed by atoms with Crippen molar-refractivity contribution >= 4 is 29.4 Å². The highest BCUT2D eigenvalue weighted by molar-refractivity contribution is 7.07. The third-order valence-electron chi connectivity index (χ3n) is 5.95. The van der Waals surface area contributed by atoms with Gasteiger partial charge in [-0.2, -0.15) is 0 Å². The van der Waals surface area contributed by atoms with E-state index in [1.54, 1.807) is 45.0 Å². The van der Waals surface area contributed by atoms with E-state index in [1.807, 2.05) is 44.2 Å². The number of thiazole rings is 1. The fraction of sp³-hybridized carbons (Fsp3) is 0.333. The van der Waals surface area contributed by atoms with Gasteiger partial charge < -0.3 is 18.9 Å². The van der Waals surface area contributed by atoms with Crippen LogP contribution in [0.1, 0.15) is 51.8 Å². The number of fused-ring (bicyclic) bond motifs is 1. The van der Waals surface area contributed by atoms with E-state index < -0.39 is 18.0 Å². The van der Waals surface area contributed by atoms with Crippen LogP contribution in [0, 0.1) is 0 Å². The summed E-state index contributed by atoms with van der Waals surface area (Å²) < 4.78 is 24.0. The van der Waals surface area contributed by atoms with Crippen molar-refractivity contribution in [1.82, 2.24) is 4.57 Å². The van der Waals surface area contributed by atoms with Gasteiger partial charge in [0, 0.05) is 11.1 Å². The van der Waals surface area contributed by atoms with Crippen LogP contribution in [0.3, 0.4) is 0 Å². The number of hydrogen-bond donors (Lipinski definition) is 0. The molecule has 1 aliphatic rings. The minimum atomic E-state index is -0.803. The highest BCUT2D eigenvalue weighted by Crippen LogP contribution is 2.36. The van der Waals surface area contributed by atoms with E-state index in [9.17, 15) is 14.4 Å². The molecule has 3 aromatic rings. The zero-order valence-electron chi connectivity index (χ0n) is 23.1. The molecule has 0 amide bonds. The Morgan fingerprint density at radius 1 is 1.02 bits per heavy atom. The summed E-state index contributed by atoms with van der Waals surface area (Å²) in [6, 6.07) is 13.6. The maximum atomic E-state index is 14.0. The van der Waals surface area contributed by atoms with Crippen molar-refractivity contribution < 1.29 is 28.5 Å². The van der Waals surface area contributed by atoms with Gasteiger partial charge in [-0.1, -0.05) is 47.7 Å². The van der Waals surface area contributed by atoms with Crippen molar-refractivity contribution in [3.05, 3.63) is 90.6 Å². The normalized spacial score (nSPS) is 14.9. The van der Waals surface area contributed by atoms with Crippen molar-refractivity contribution in [2.45, 2.75) is 46.8 Å². The summed E-state index contributed by atoms with van der Waals surface area (Å²) in [7, 11) is 0. The van der Waals surface area contributed by atoms with Gasteiger partial charge >= 0.3 is 11.9 Å². The Hall–Kier alpha value is -4.18. The number of carbonyl (C=O) groups excluding carboxylic acids is 2. The van der Waals surface area contributed by atoms with E-state index >= 15 is 0 Å². The van der Waals surface area contributed by atoms with Crippen molar-refractivity contribution in [2.75, 3.05) is 19.8 Å². The van der Waals surface area contributed by atoms with Gasteiger partial charge in [-0.25, -0.2) is 14.6 Å². The number of benzene rings is 2. The monoisotopic (exact) mass is 564 g/mol. The minimum Gasteiger partial charge on any atom is -0.491 e. The molecule has 210 valence electrons. The average Bonchev–Trinajstić information content (AvgIpc) is 3.22. The number of aromatic nitrogens is 1. The van der Waals surface area contributed by atoms with E-state index in [1.165, 1.54) is 15.9 Å². The Morgan fingerprint density at radius 3 is 2.40 bits per heavy atom. The molecule has 0 aliphatic carbocycles. The Kier molecular flexibility index (Phi) is 9.21. The lowest BCUT2D eigenvalue weighted by atomic mass is 9.95. The number of ether oxygens (including phenoxy) is 4. The van der Waals surface area contributed by atoms with Crippen LogP contribution in [0.5, 0.6) is 11.5 Å². The van der Waals surface area contributed by atoms with E-state index in [0.29, 0.717) is 37.7 Å². The number of rotatable bonds is 10. The second kappa shape index (κ2) is 12.8. The average molecular weight is 565 g/mol. The zero-order chi connectivity index (χ0) is 28.8. The number of hydrogen-bond acceptors (Lipinski definition) is 9. The predicted octanol–water partition coefficient (Wildman–Crippen LogP) is 3.53. The van der Waals surface area contributed by atoms with Gasteiger partial charge in [0.25, 0.3) is 5.56 Å². The standard InChI is InChI=1S/C30H32N2O7S/c1-6-36-25(33)17-38-22-14-10-8-12-20(22)16-24-28(34)32-27(21-13-9-11-15-23(21)39-18(3)4)26(29(35)37-7-2)19(5)31-30(32)40-24/h8-16,18,27H,6-7,17H2,1-5H3/b24-16-. The maximum absolute atomic E-state index is 14.0. The van der Waals surface area contributed by atoms with Crippen LogP contribution in [-0.2, 0) is 19.1 Å². The SMILES string of the molecule is CCOC(=O)COc1ccccc1/C=c1\sc2n(c1=O)C(c1ccccc1OC(C)C)C(C(=O)OCC)=C(C)N=2. The fourth-order valence-electron chi connectivity index (χ4n) is 4.37. The van der Waals surface area contributed by atoms with Crippen molar-refractivity contribution in [3.8, 4) is 11.5 Å². The molecular formula is C30H32N2O7S. The third-order valence-corrected chi connectivity index (χ3v) is 6.93. The number of carbonyl (C=O) groups is 2. The van der Waals surface area contributed by atoms with Crippen LogP contribution in [-0.4, -0.2) is 42.4 Å². The molecule has 1 aliphatic heterocycles. The molecule has 2 heterocycles. The van der Waals surface area contributed by atoms with Gasteiger partial charge in [-0.3, -0.25) is 9.36 Å². The summed E-state index contributed by atoms with van der Waals surface area (Å²) in [6.07, 6.45) is 1.57. The molecule has 0 spiro atoms. The molecule has 0 fully saturated rings. The highest BCUT2D eigenvalue weighted by atomic mass is 32.1. The van der Waals surface area contributed by atoms with Crippen LogP contribution in [0.4, 0.5) is 0 Å². The molecule has 10 heteroatoms. The van der Waals surface area contributed by atoms with Crippen LogP contribution in [0.15, 0.2) is 69.6 Å². The van der Waals surface area contributed by atoms with Crippen molar-refractivity contribution in [3.63, 3.8) is 0 Å². The van der Waals surface area contributed by atoms with E-state index in [0.717, 1.165) is 0 Å². The largest absolute Gasteiger partial charge is 0.491 e. The first kappa shape index (κ1) is 28.8. The van der Waals surface area contributed by atoms with Gasteiger partial charge in [0.1, 0.15) is 17.5 Å². The molecule has 0 N–H and O–H groups in total. The van der Waals surface area contributed by atoms with E-state index in [2.05, 4.69) is 4.99 Å². The zero-order valence-corrected chi connectivity index (χ0v) is 23.9. The number of para-hydroxylation sites is 2. The molecule has 2 aromatic carbocycles. The summed E-state index contributed by atoms with van der Waals surface area (Å²) >= 11 is 1.20. The van der Waals surface area contributed by atoms with E-state index in [4.69, 9.17) is 18.9 Å². The van der Waals surface area contributed by atoms with Crippen LogP contribution in [0.25, 0.3) is 6.08 Å². The topological polar surface area (TPSA) is 105 Å². The molecular weight excluding hydrogens is 532 g/mol. The molecule has 0 saturated carbocycles. The lowest BCUT2D eigenvalue weighted by Gasteiger charge is -2.26. The third kappa shape index (κ3) is 6.17. The second-order valence-electron chi connectivity index (χ2n) is 9.14. The van der Waals surface area contributed by atoms with Crippen LogP contribution < -0.4 is 24.4 Å². The number of allylic oxidation sites excluding steroid dienone is 1. The van der Waals surface area contributed by atoms with Gasteiger partial charge in [-0.15, -0.1) is 0 Å². The molecule has 0 saturated heterocycles. The molecule has 0 radical (unpaired) electrons. The van der Waals surface area contributed by atoms with Gasteiger partial charge in [0.15, 0.2) is 11.4 Å². The van der Waals surface area contributed by atoms with Gasteiger partial charge in [-0.05, 0) is 52.8 Å². The minimum absolute atomic E-state index is 0.126. The van der Waals surface area contributed by atoms with Crippen molar-refractivity contribution in [1.29, 1.82) is 0 Å². The first-order valence-corrected chi connectivity index (χ1v) is 13.9. The smallest absolute Gasteiger partial charge is 0.344 e. The second-order valence-corrected chi connectivity index (χ2v) is 10.1. The number of nitrogens with zero attached hydrogens (tertiary/aromatic N) is 2. The molecule has 40 heavy (non-hydrogen) atoms. The highest BCUT2D eigenvalue weighted by Gasteiger charge is 2.35. The Bertz CT molecular complexity index is 1620. The van der Waals surface area contributed by atoms with E-state index in [-0.39, 0.29) is 37.1 Å². The lowest BCUT2D eigenvalue weighted by Crippen LogP contribution is -2.40. The lowest BCUT2D eigenvalue weighted by molar-refractivity contribution is -0.145. The summed E-state index contributed by atoms with van der Waals surface area (Å²) in [5.41, 5.74) is 1.67. The van der Waals surface area contributed by atoms with Crippen LogP contribution >= 0.6 is 11.3 Å². The summed E-state index contributed by atoms with van der Waals surface area (Å²) in [5.74, 6) is -0.0377. The Balaban J connectivity index is 1.88. The first-order chi connectivity index (χ1) is 19.2. The maximum Gasteiger partial charge on any atom is 0.344 e. The molecule has 9 nitrogen and oxygen atoms in total. The molecule has 1 unspecified atom stereocenters. The fourth-order valence-corrected chi connectivity index (χ4v) is 5.40. The molecule has 4 rings (SSSR count). The van der Waals surface area contributed by atoms with Gasteiger partial charge in [0.05, 0.1) is 35.1 Å². The summed E-state index contributed by atoms with van der Waals surface area (Å²) in [5, 5.41) is 0. The molecule has 0 bridgehead atoms. The Labute approximate surface area is 236 Å². The summed E-state index contributed by atoms with van der Waals surface area (Å²) in [6.45, 7) is 9.20. The van der Waals surface area contributed by atoms with Crippen molar-refractivity contribution in [2.24, 2.45) is 4.99 Å². The summed E-state index contributed by atoms with van der Waals surface area (Å²) in [4.78, 5) is 44.1. The van der Waals surface area contributed by atoms with Gasteiger partial charge in [0.2, 0.25) is 0 Å². The van der Waals surface area contributed by atoms with Crippen LogP contribution in [0.2, 0.25) is 0 Å².